The zero-order valence-electron chi connectivity index (χ0n) is 10.2. The second-order valence-electron chi connectivity index (χ2n) is 3.70. The van der Waals surface area contributed by atoms with E-state index >= 15 is 0 Å². The summed E-state index contributed by atoms with van der Waals surface area (Å²) in [7, 11) is 0. The third-order valence-corrected chi connectivity index (χ3v) is 3.28. The van der Waals surface area contributed by atoms with Gasteiger partial charge in [-0.2, -0.15) is 0 Å². The van der Waals surface area contributed by atoms with Crippen molar-refractivity contribution >= 4 is 11.8 Å². The zero-order chi connectivity index (χ0) is 12.0. The Kier molecular flexibility index (Phi) is 5.13. The van der Waals surface area contributed by atoms with Crippen LogP contribution < -0.4 is 0 Å². The molecular weight excluding hydrogens is 212 g/mol. The molecule has 0 spiro atoms. The van der Waals surface area contributed by atoms with Crippen LogP contribution in [-0.4, -0.2) is 0 Å². The molecule has 1 heteroatoms. The van der Waals surface area contributed by atoms with E-state index in [-0.39, 0.29) is 0 Å². The lowest BCUT2D eigenvalue weighted by Gasteiger charge is -2.04. The fourth-order valence-corrected chi connectivity index (χ4v) is 2.30. The first kappa shape index (κ1) is 12.9. The molecule has 16 heavy (non-hydrogen) atoms. The van der Waals surface area contributed by atoms with Gasteiger partial charge < -0.3 is 0 Å². The van der Waals surface area contributed by atoms with Gasteiger partial charge in [-0.25, -0.2) is 0 Å². The number of thioether (sulfide) groups is 1. The molecule has 0 aliphatic carbocycles. The Labute approximate surface area is 103 Å². The van der Waals surface area contributed by atoms with Crippen molar-refractivity contribution in [1.82, 2.24) is 0 Å². The van der Waals surface area contributed by atoms with Gasteiger partial charge in [-0.3, -0.25) is 0 Å². The number of rotatable bonds is 4. The number of allylic oxidation sites excluding steroid dienone is 4. The first-order chi connectivity index (χ1) is 7.65. The number of benzene rings is 1. The lowest BCUT2D eigenvalue weighted by Crippen LogP contribution is -1.77. The molecule has 0 amide bonds. The van der Waals surface area contributed by atoms with Crippen molar-refractivity contribution in [3.05, 3.63) is 65.1 Å². The van der Waals surface area contributed by atoms with Gasteiger partial charge in [0.25, 0.3) is 0 Å². The molecule has 84 valence electrons. The van der Waals surface area contributed by atoms with E-state index in [2.05, 4.69) is 63.8 Å². The fraction of sp³-hybridized carbons (Fsp3) is 0.200. The summed E-state index contributed by atoms with van der Waals surface area (Å²) in [6, 6.07) is 8.54. The second kappa shape index (κ2) is 6.39. The number of aryl methyl sites for hydroxylation is 1. The van der Waals surface area contributed by atoms with Gasteiger partial charge in [0, 0.05) is 9.80 Å². The van der Waals surface area contributed by atoms with E-state index < -0.39 is 0 Å². The van der Waals surface area contributed by atoms with Crippen LogP contribution in [0.4, 0.5) is 0 Å². The molecule has 1 aromatic carbocycles. The Hall–Kier alpha value is -1.21. The highest BCUT2D eigenvalue weighted by Crippen LogP contribution is 2.28. The molecule has 0 nitrogen and oxygen atoms in total. The molecule has 0 fully saturated rings. The molecule has 0 unspecified atom stereocenters. The van der Waals surface area contributed by atoms with Gasteiger partial charge in [-0.15, -0.1) is 0 Å². The molecule has 0 heterocycles. The van der Waals surface area contributed by atoms with Gasteiger partial charge in [0.2, 0.25) is 0 Å². The maximum absolute atomic E-state index is 3.76. The molecule has 0 aromatic heterocycles. The Morgan fingerprint density at radius 2 is 2.12 bits per heavy atom. The van der Waals surface area contributed by atoms with Gasteiger partial charge in [-0.1, -0.05) is 53.8 Å². The number of hydrogen-bond donors (Lipinski definition) is 0. The molecule has 0 aliphatic rings. The van der Waals surface area contributed by atoms with E-state index in [1.54, 1.807) is 11.8 Å². The summed E-state index contributed by atoms with van der Waals surface area (Å²) in [5.41, 5.74) is 2.48. The molecule has 0 saturated heterocycles. The first-order valence-electron chi connectivity index (χ1n) is 5.37. The fourth-order valence-electron chi connectivity index (χ4n) is 1.27. The molecule has 0 atom stereocenters. The van der Waals surface area contributed by atoms with Crippen molar-refractivity contribution in [2.45, 2.75) is 25.7 Å². The van der Waals surface area contributed by atoms with Gasteiger partial charge in [-0.05, 0) is 39.0 Å². The van der Waals surface area contributed by atoms with Crippen LogP contribution in [0.15, 0.2) is 64.4 Å². The highest BCUT2D eigenvalue weighted by atomic mass is 32.2. The molecule has 0 bridgehead atoms. The minimum absolute atomic E-state index is 1.19. The van der Waals surface area contributed by atoms with Crippen LogP contribution in [0.1, 0.15) is 19.4 Å². The maximum Gasteiger partial charge on any atom is 0.0124 e. The zero-order valence-corrected chi connectivity index (χ0v) is 11.0. The second-order valence-corrected chi connectivity index (χ2v) is 4.85. The molecular formula is C15H18S. The Balaban J connectivity index is 2.83. The van der Waals surface area contributed by atoms with Crippen molar-refractivity contribution in [3.8, 4) is 0 Å². The third kappa shape index (κ3) is 4.11. The van der Waals surface area contributed by atoms with E-state index in [4.69, 9.17) is 0 Å². The van der Waals surface area contributed by atoms with Crippen molar-refractivity contribution < 1.29 is 0 Å². The smallest absolute Gasteiger partial charge is 0.0124 e. The SMILES string of the molecule is C=C/C(C)=C\C(=C/C)Sc1cccc(C)c1. The van der Waals surface area contributed by atoms with Crippen LogP contribution in [0, 0.1) is 6.92 Å². The third-order valence-electron chi connectivity index (χ3n) is 2.20. The summed E-state index contributed by atoms with van der Waals surface area (Å²) in [6.07, 6.45) is 6.15. The van der Waals surface area contributed by atoms with Gasteiger partial charge in [0.1, 0.15) is 0 Å². The van der Waals surface area contributed by atoms with Crippen LogP contribution in [0.3, 0.4) is 0 Å². The standard InChI is InChI=1S/C15H18S/c1-5-12(3)10-14(6-2)16-15-9-7-8-13(4)11-15/h5-11H,1H2,2-4H3/b12-10-,14-6+. The van der Waals surface area contributed by atoms with Crippen molar-refractivity contribution in [2.75, 3.05) is 0 Å². The van der Waals surface area contributed by atoms with E-state index in [1.165, 1.54) is 20.9 Å². The van der Waals surface area contributed by atoms with Crippen molar-refractivity contribution in [1.29, 1.82) is 0 Å². The van der Waals surface area contributed by atoms with Gasteiger partial charge in [0.15, 0.2) is 0 Å². The van der Waals surface area contributed by atoms with Crippen LogP contribution >= 0.6 is 11.8 Å². The Morgan fingerprint density at radius 1 is 1.38 bits per heavy atom. The lowest BCUT2D eigenvalue weighted by atomic mass is 10.2. The average Bonchev–Trinajstić information content (AvgIpc) is 2.28. The van der Waals surface area contributed by atoms with Crippen molar-refractivity contribution in [2.24, 2.45) is 0 Å². The minimum Gasteiger partial charge on any atom is -0.0988 e. The van der Waals surface area contributed by atoms with E-state index in [0.717, 1.165) is 0 Å². The molecule has 0 saturated carbocycles. The van der Waals surface area contributed by atoms with Crippen LogP contribution in [-0.2, 0) is 0 Å². The van der Waals surface area contributed by atoms with E-state index in [9.17, 15) is 0 Å². The largest absolute Gasteiger partial charge is 0.0988 e. The normalized spacial score (nSPS) is 12.7. The predicted octanol–water partition coefficient (Wildman–Crippen LogP) is 5.12. The molecule has 0 N–H and O–H groups in total. The molecule has 1 rings (SSSR count). The first-order valence-corrected chi connectivity index (χ1v) is 6.19. The Bertz CT molecular complexity index is 425. The predicted molar refractivity (Wildman–Crippen MR) is 74.7 cm³/mol. The Morgan fingerprint density at radius 3 is 2.69 bits per heavy atom. The van der Waals surface area contributed by atoms with Gasteiger partial charge >= 0.3 is 0 Å². The quantitative estimate of drug-likeness (QED) is 0.511. The van der Waals surface area contributed by atoms with Gasteiger partial charge in [0.05, 0.1) is 0 Å². The lowest BCUT2D eigenvalue weighted by molar-refractivity contribution is 1.36. The summed E-state index contributed by atoms with van der Waals surface area (Å²) in [5.74, 6) is 0. The summed E-state index contributed by atoms with van der Waals surface area (Å²) >= 11 is 1.78. The van der Waals surface area contributed by atoms with E-state index in [1.807, 2.05) is 6.08 Å². The summed E-state index contributed by atoms with van der Waals surface area (Å²) in [6.45, 7) is 10.0. The topological polar surface area (TPSA) is 0 Å². The summed E-state index contributed by atoms with van der Waals surface area (Å²) in [4.78, 5) is 2.53. The highest BCUT2D eigenvalue weighted by molar-refractivity contribution is 8.03. The maximum atomic E-state index is 3.76. The molecule has 0 radical (unpaired) electrons. The number of hydrogen-bond acceptors (Lipinski definition) is 1. The van der Waals surface area contributed by atoms with Crippen LogP contribution in [0.5, 0.6) is 0 Å². The summed E-state index contributed by atoms with van der Waals surface area (Å²) < 4.78 is 0. The highest BCUT2D eigenvalue weighted by Gasteiger charge is 1.97. The summed E-state index contributed by atoms with van der Waals surface area (Å²) in [5, 5.41) is 0. The van der Waals surface area contributed by atoms with Crippen LogP contribution in [0.25, 0.3) is 0 Å². The average molecular weight is 230 g/mol. The van der Waals surface area contributed by atoms with Crippen molar-refractivity contribution in [3.63, 3.8) is 0 Å². The molecule has 0 aliphatic heterocycles. The van der Waals surface area contributed by atoms with Crippen LogP contribution in [0.2, 0.25) is 0 Å². The van der Waals surface area contributed by atoms with E-state index in [0.29, 0.717) is 0 Å². The monoisotopic (exact) mass is 230 g/mol. The minimum atomic E-state index is 1.19. The molecule has 1 aromatic rings.